The third-order valence-electron chi connectivity index (χ3n) is 0.568. The summed E-state index contributed by atoms with van der Waals surface area (Å²) >= 11 is 0.967. The fourth-order valence-electron chi connectivity index (χ4n) is 0.316. The maximum atomic E-state index is 10.3. The van der Waals surface area contributed by atoms with Crippen LogP contribution in [0, 0.1) is 0 Å². The molecule has 0 aromatic rings. The van der Waals surface area contributed by atoms with E-state index in [1.54, 1.807) is 6.92 Å². The Bertz CT molecular complexity index is 118. The Morgan fingerprint density at radius 2 is 2.12 bits per heavy atom. The first-order valence-electron chi connectivity index (χ1n) is 2.19. The summed E-state index contributed by atoms with van der Waals surface area (Å²) in [5, 5.41) is 0. The molecule has 0 bridgehead atoms. The van der Waals surface area contributed by atoms with Crippen molar-refractivity contribution < 1.29 is 7.87 Å². The van der Waals surface area contributed by atoms with E-state index in [9.17, 15) is 4.79 Å². The topological polar surface area (TPSA) is 26.3 Å². The van der Waals surface area contributed by atoms with E-state index in [0.717, 1.165) is 22.9 Å². The molecule has 2 nitrogen and oxygen atoms in total. The van der Waals surface area contributed by atoms with Crippen molar-refractivity contribution in [3.63, 3.8) is 0 Å². The summed E-state index contributed by atoms with van der Waals surface area (Å²) in [7, 11) is 0. The average Bonchev–Trinajstić information content (AvgIpc) is 1.65. The Morgan fingerprint density at radius 1 is 1.62 bits per heavy atom. The van der Waals surface area contributed by atoms with Crippen molar-refractivity contribution in [3.8, 4) is 0 Å². The van der Waals surface area contributed by atoms with Crippen LogP contribution >= 0.6 is 0 Å². The van der Waals surface area contributed by atoms with Gasteiger partial charge in [-0.15, -0.1) is 0 Å². The van der Waals surface area contributed by atoms with Crippen LogP contribution in [0.1, 0.15) is 13.8 Å². The number of carbonyl (C=O) groups excluding carboxylic acids is 1. The van der Waals surface area contributed by atoms with Gasteiger partial charge in [-0.3, -0.25) is 0 Å². The molecule has 0 N–H and O–H groups in total. The van der Waals surface area contributed by atoms with Gasteiger partial charge < -0.3 is 0 Å². The number of allylic oxidation sites excluding steroid dienone is 2. The third kappa shape index (κ3) is 4.18. The van der Waals surface area contributed by atoms with Gasteiger partial charge in [-0.2, -0.15) is 0 Å². The first-order valence-corrected chi connectivity index (χ1v) is 3.35. The molecule has 0 aliphatic rings. The van der Waals surface area contributed by atoms with Gasteiger partial charge in [0.15, 0.2) is 0 Å². The Hall–Kier alpha value is 0.00870. The maximum absolute atomic E-state index is 10.3. The van der Waals surface area contributed by atoms with E-state index in [0.29, 0.717) is 5.76 Å². The van der Waals surface area contributed by atoms with Crippen LogP contribution in [0.4, 0.5) is 0 Å². The van der Waals surface area contributed by atoms with Crippen molar-refractivity contribution >= 4 is 28.7 Å². The summed E-state index contributed by atoms with van der Waals surface area (Å²) in [4.78, 5) is 10.3. The molecule has 43 valence electrons. The summed E-state index contributed by atoms with van der Waals surface area (Å²) < 4.78 is 4.79. The summed E-state index contributed by atoms with van der Waals surface area (Å²) in [5.74, 6) is 0.723. The second-order valence-corrected chi connectivity index (χ2v) is 2.05. The molecule has 0 fully saturated rings. The van der Waals surface area contributed by atoms with Crippen molar-refractivity contribution in [2.75, 3.05) is 0 Å². The van der Waals surface area contributed by atoms with Crippen molar-refractivity contribution in [1.29, 1.82) is 0 Å². The van der Waals surface area contributed by atoms with Gasteiger partial charge in [0.1, 0.15) is 0 Å². The first-order chi connectivity index (χ1) is 3.66. The van der Waals surface area contributed by atoms with Crippen molar-refractivity contribution in [3.05, 3.63) is 11.8 Å². The minimum absolute atomic E-state index is 0.0323. The Kier molecular flexibility index (Phi) is 3.95. The molecule has 0 heterocycles. The van der Waals surface area contributed by atoms with E-state index >= 15 is 0 Å². The van der Waals surface area contributed by atoms with Crippen LogP contribution in [0.15, 0.2) is 11.8 Å². The van der Waals surface area contributed by atoms with Gasteiger partial charge >= 0.3 is 62.3 Å². The van der Waals surface area contributed by atoms with Crippen LogP contribution in [0.3, 0.4) is 0 Å². The molecule has 0 saturated carbocycles. The molecule has 0 rings (SSSR count). The zero-order valence-corrected chi connectivity index (χ0v) is 7.75. The summed E-state index contributed by atoms with van der Waals surface area (Å²) in [5.41, 5.74) is 0. The van der Waals surface area contributed by atoms with Gasteiger partial charge in [-0.25, -0.2) is 0 Å². The van der Waals surface area contributed by atoms with Gasteiger partial charge in [0.05, 0.1) is 0 Å². The SMILES string of the molecule is CC(=O)/C=C(/C)[O][Sn]. The Balaban J connectivity index is 3.75. The van der Waals surface area contributed by atoms with E-state index in [-0.39, 0.29) is 5.78 Å². The number of hydrogen-bond acceptors (Lipinski definition) is 2. The Labute approximate surface area is 62.5 Å². The molecule has 0 atom stereocenters. The fraction of sp³-hybridized carbons (Fsp3) is 0.400. The zero-order valence-electron chi connectivity index (χ0n) is 4.89. The van der Waals surface area contributed by atoms with E-state index in [2.05, 4.69) is 0 Å². The van der Waals surface area contributed by atoms with Gasteiger partial charge in [-0.1, -0.05) is 0 Å². The van der Waals surface area contributed by atoms with Crippen LogP contribution < -0.4 is 0 Å². The average molecular weight is 218 g/mol. The molecule has 3 heteroatoms. The predicted molar refractivity (Wildman–Crippen MR) is 31.3 cm³/mol. The Morgan fingerprint density at radius 3 is 2.25 bits per heavy atom. The fourth-order valence-corrected chi connectivity index (χ4v) is 0.484. The second-order valence-electron chi connectivity index (χ2n) is 1.47. The van der Waals surface area contributed by atoms with Crippen molar-refractivity contribution in [2.45, 2.75) is 13.8 Å². The number of ketones is 1. The molecular formula is C5H7O2Sn. The molecule has 0 spiro atoms. The molecule has 0 aliphatic carbocycles. The van der Waals surface area contributed by atoms with Crippen LogP contribution in [0.2, 0.25) is 0 Å². The molecule has 3 radical (unpaired) electrons. The summed E-state index contributed by atoms with van der Waals surface area (Å²) in [6.07, 6.45) is 1.47. The van der Waals surface area contributed by atoms with Crippen LogP contribution in [-0.2, 0) is 7.87 Å². The van der Waals surface area contributed by atoms with E-state index in [1.807, 2.05) is 0 Å². The summed E-state index contributed by atoms with van der Waals surface area (Å²) in [6.45, 7) is 3.26. The first kappa shape index (κ1) is 8.01. The monoisotopic (exact) mass is 219 g/mol. The van der Waals surface area contributed by atoms with Crippen LogP contribution in [-0.4, -0.2) is 28.7 Å². The molecule has 0 amide bonds. The van der Waals surface area contributed by atoms with E-state index < -0.39 is 0 Å². The minimum atomic E-state index is 0.0323. The van der Waals surface area contributed by atoms with Gasteiger partial charge in [0.2, 0.25) is 0 Å². The molecular weight excluding hydrogens is 211 g/mol. The van der Waals surface area contributed by atoms with Crippen molar-refractivity contribution in [2.24, 2.45) is 0 Å². The summed E-state index contributed by atoms with van der Waals surface area (Å²) in [6, 6.07) is 0. The predicted octanol–water partition coefficient (Wildman–Crippen LogP) is 0.579. The van der Waals surface area contributed by atoms with E-state index in [4.69, 9.17) is 3.07 Å². The second kappa shape index (κ2) is 3.95. The number of hydrogen-bond donors (Lipinski definition) is 0. The van der Waals surface area contributed by atoms with Crippen LogP contribution in [0.25, 0.3) is 0 Å². The standard InChI is InChI=1S/C5H8O2.Sn/c1-4(6)3-5(2)7;/h3,6H,1-2H3;/q;+1/p-1/b4-3-;. The normalized spacial score (nSPS) is 11.1. The molecule has 0 unspecified atom stereocenters. The molecule has 0 aliphatic heterocycles. The molecule has 0 saturated heterocycles. The van der Waals surface area contributed by atoms with Gasteiger partial charge in [0.25, 0.3) is 0 Å². The number of rotatable bonds is 2. The van der Waals surface area contributed by atoms with Crippen molar-refractivity contribution in [1.82, 2.24) is 0 Å². The molecule has 8 heavy (non-hydrogen) atoms. The van der Waals surface area contributed by atoms with Gasteiger partial charge in [0, 0.05) is 0 Å². The zero-order chi connectivity index (χ0) is 6.57. The van der Waals surface area contributed by atoms with E-state index in [1.165, 1.54) is 13.0 Å². The van der Waals surface area contributed by atoms with Gasteiger partial charge in [-0.05, 0) is 0 Å². The quantitative estimate of drug-likeness (QED) is 0.384. The molecule has 0 aromatic carbocycles. The van der Waals surface area contributed by atoms with Crippen LogP contribution in [0.5, 0.6) is 0 Å². The third-order valence-corrected chi connectivity index (χ3v) is 1.49. The number of carbonyl (C=O) groups is 1. The molecule has 0 aromatic heterocycles.